The number of pyridine rings is 1. The summed E-state index contributed by atoms with van der Waals surface area (Å²) >= 11 is 3.24. The number of carbonyl (C=O) groups is 1. The predicted molar refractivity (Wildman–Crippen MR) is 101 cm³/mol. The van der Waals surface area contributed by atoms with Crippen LogP contribution < -0.4 is 16.2 Å². The number of aromatic nitrogens is 3. The van der Waals surface area contributed by atoms with E-state index in [0.29, 0.717) is 5.82 Å². The Balaban J connectivity index is 1.80. The fraction of sp³-hybridized carbons (Fsp3) is 0. The van der Waals surface area contributed by atoms with E-state index in [0.717, 1.165) is 22.9 Å². The number of halogens is 2. The Morgan fingerprint density at radius 1 is 1.07 bits per heavy atom. The van der Waals surface area contributed by atoms with Crippen LogP contribution >= 0.6 is 15.9 Å². The van der Waals surface area contributed by atoms with Crippen LogP contribution in [0.2, 0.25) is 0 Å². The van der Waals surface area contributed by atoms with E-state index in [1.165, 1.54) is 18.3 Å². The molecule has 0 radical (unpaired) electrons. The average Bonchev–Trinajstić information content (AvgIpc) is 2.68. The second-order valence-corrected chi connectivity index (χ2v) is 6.16. The third-order valence-corrected chi connectivity index (χ3v) is 3.85. The Labute approximate surface area is 165 Å². The van der Waals surface area contributed by atoms with E-state index in [4.69, 9.17) is 0 Å². The molecule has 0 aliphatic heterocycles. The van der Waals surface area contributed by atoms with Crippen LogP contribution in [0.1, 0.15) is 10.4 Å². The highest BCUT2D eigenvalue weighted by molar-refractivity contribution is 9.10. The lowest BCUT2D eigenvalue weighted by Gasteiger charge is -2.10. The molecule has 3 aromatic rings. The number of nitrogens with zero attached hydrogens (tertiary/aromatic N) is 4. The molecule has 12 heteroatoms. The molecular formula is C16H11BrFN7O3. The van der Waals surface area contributed by atoms with Gasteiger partial charge in [-0.05, 0) is 52.3 Å². The Morgan fingerprint density at radius 2 is 1.79 bits per heavy atom. The van der Waals surface area contributed by atoms with E-state index < -0.39 is 22.3 Å². The number of nitrogens with one attached hydrogen (secondary N) is 3. The molecule has 0 spiro atoms. The molecule has 0 bridgehead atoms. The molecule has 3 rings (SSSR count). The molecule has 1 amide bonds. The quantitative estimate of drug-likeness (QED) is 0.387. The highest BCUT2D eigenvalue weighted by atomic mass is 79.9. The first-order valence-electron chi connectivity index (χ1n) is 7.64. The third-order valence-electron chi connectivity index (χ3n) is 3.38. The summed E-state index contributed by atoms with van der Waals surface area (Å²) in [6, 6.07) is 8.08. The maximum Gasteiger partial charge on any atom is 0.355 e. The number of amides is 1. The van der Waals surface area contributed by atoms with Crippen molar-refractivity contribution >= 4 is 45.0 Å². The Kier molecular flexibility index (Phi) is 5.69. The maximum absolute atomic E-state index is 12.9. The number of nitro groups is 1. The number of hydrogen-bond donors (Lipinski definition) is 3. The number of anilines is 3. The SMILES string of the molecule is O=C(NNc1ncnc(Nc2ccc(Br)cn2)c1[N+](=O)[O-])c1ccc(F)cc1. The van der Waals surface area contributed by atoms with Gasteiger partial charge in [-0.3, -0.25) is 25.8 Å². The number of carbonyl (C=O) groups excluding carboxylic acids is 1. The summed E-state index contributed by atoms with van der Waals surface area (Å²) < 4.78 is 13.7. The summed E-state index contributed by atoms with van der Waals surface area (Å²) in [5, 5.41) is 14.2. The molecule has 142 valence electrons. The predicted octanol–water partition coefficient (Wildman–Crippen LogP) is 3.18. The van der Waals surface area contributed by atoms with E-state index in [1.807, 2.05) is 0 Å². The summed E-state index contributed by atoms with van der Waals surface area (Å²) in [7, 11) is 0. The van der Waals surface area contributed by atoms with Crippen molar-refractivity contribution in [3.63, 3.8) is 0 Å². The molecule has 0 saturated heterocycles. The summed E-state index contributed by atoms with van der Waals surface area (Å²) in [4.78, 5) is 34.6. The fourth-order valence-electron chi connectivity index (χ4n) is 2.10. The first-order valence-corrected chi connectivity index (χ1v) is 8.43. The van der Waals surface area contributed by atoms with Gasteiger partial charge in [-0.2, -0.15) is 0 Å². The van der Waals surface area contributed by atoms with Crippen molar-refractivity contribution in [2.45, 2.75) is 0 Å². The number of hydrogen-bond acceptors (Lipinski definition) is 8. The largest absolute Gasteiger partial charge is 0.355 e. The van der Waals surface area contributed by atoms with Gasteiger partial charge < -0.3 is 5.32 Å². The number of benzene rings is 1. The highest BCUT2D eigenvalue weighted by Gasteiger charge is 2.24. The van der Waals surface area contributed by atoms with Crippen molar-refractivity contribution < 1.29 is 14.1 Å². The van der Waals surface area contributed by atoms with Crippen LogP contribution in [0.5, 0.6) is 0 Å². The minimum Gasteiger partial charge on any atom is -0.319 e. The van der Waals surface area contributed by atoms with Crippen molar-refractivity contribution in [3.05, 3.63) is 74.9 Å². The molecule has 0 fully saturated rings. The van der Waals surface area contributed by atoms with Crippen LogP contribution in [-0.4, -0.2) is 25.8 Å². The lowest BCUT2D eigenvalue weighted by molar-refractivity contribution is -0.383. The lowest BCUT2D eigenvalue weighted by atomic mass is 10.2. The van der Waals surface area contributed by atoms with E-state index in [1.54, 1.807) is 12.1 Å². The zero-order valence-corrected chi connectivity index (χ0v) is 15.5. The summed E-state index contributed by atoms with van der Waals surface area (Å²) in [5.74, 6) is -1.15. The van der Waals surface area contributed by atoms with Gasteiger partial charge in [0.2, 0.25) is 11.6 Å². The fourth-order valence-corrected chi connectivity index (χ4v) is 2.33. The molecule has 0 saturated carbocycles. The molecule has 0 unspecified atom stereocenters. The van der Waals surface area contributed by atoms with Gasteiger partial charge >= 0.3 is 5.69 Å². The minimum absolute atomic E-state index is 0.117. The Hall–Kier alpha value is -3.67. The molecule has 0 aliphatic carbocycles. The second kappa shape index (κ2) is 8.35. The molecule has 0 aliphatic rings. The van der Waals surface area contributed by atoms with Gasteiger partial charge in [0.05, 0.1) is 4.92 Å². The molecule has 3 N–H and O–H groups in total. The van der Waals surface area contributed by atoms with Gasteiger partial charge in [0.25, 0.3) is 5.91 Å². The molecular weight excluding hydrogens is 437 g/mol. The van der Waals surface area contributed by atoms with Crippen molar-refractivity contribution in [3.8, 4) is 0 Å². The summed E-state index contributed by atoms with van der Waals surface area (Å²) in [5.41, 5.74) is 4.32. The smallest absolute Gasteiger partial charge is 0.319 e. The zero-order chi connectivity index (χ0) is 20.1. The normalized spacial score (nSPS) is 10.2. The van der Waals surface area contributed by atoms with Crippen LogP contribution in [0.25, 0.3) is 0 Å². The van der Waals surface area contributed by atoms with Crippen molar-refractivity contribution in [2.75, 3.05) is 10.7 Å². The zero-order valence-electron chi connectivity index (χ0n) is 13.9. The molecule has 1 aromatic carbocycles. The van der Waals surface area contributed by atoms with E-state index in [2.05, 4.69) is 47.1 Å². The van der Waals surface area contributed by atoms with Crippen LogP contribution in [0, 0.1) is 15.9 Å². The second-order valence-electron chi connectivity index (χ2n) is 5.25. The van der Waals surface area contributed by atoms with Crippen LogP contribution in [0.3, 0.4) is 0 Å². The van der Waals surface area contributed by atoms with Gasteiger partial charge in [-0.15, -0.1) is 0 Å². The van der Waals surface area contributed by atoms with E-state index in [-0.39, 0.29) is 17.2 Å². The van der Waals surface area contributed by atoms with Crippen molar-refractivity contribution in [1.82, 2.24) is 20.4 Å². The topological polar surface area (TPSA) is 135 Å². The monoisotopic (exact) mass is 447 g/mol. The maximum atomic E-state index is 12.9. The lowest BCUT2D eigenvalue weighted by Crippen LogP contribution is -2.30. The standard InChI is InChI=1S/C16H11BrFN7O3/c17-10-3-6-12(19-7-10)22-14-13(25(27)28)15(21-8-20-14)23-24-16(26)9-1-4-11(18)5-2-9/h1-8H,(H,24,26)(H2,19,20,21,22,23). The van der Waals surface area contributed by atoms with Gasteiger partial charge in [-0.25, -0.2) is 19.3 Å². The molecule has 0 atom stereocenters. The van der Waals surface area contributed by atoms with E-state index >= 15 is 0 Å². The summed E-state index contributed by atoms with van der Waals surface area (Å²) in [6.07, 6.45) is 2.60. The highest BCUT2D eigenvalue weighted by Crippen LogP contribution is 2.30. The first kappa shape index (κ1) is 19.1. The van der Waals surface area contributed by atoms with Crippen LogP contribution in [0.15, 0.2) is 53.4 Å². The van der Waals surface area contributed by atoms with Crippen LogP contribution in [0.4, 0.5) is 27.5 Å². The average molecular weight is 448 g/mol. The minimum atomic E-state index is -0.701. The van der Waals surface area contributed by atoms with Crippen molar-refractivity contribution in [2.24, 2.45) is 0 Å². The molecule has 2 heterocycles. The van der Waals surface area contributed by atoms with Crippen molar-refractivity contribution in [1.29, 1.82) is 0 Å². The first-order chi connectivity index (χ1) is 13.4. The molecule has 10 nitrogen and oxygen atoms in total. The molecule has 2 aromatic heterocycles. The van der Waals surface area contributed by atoms with Gasteiger partial charge in [0.1, 0.15) is 18.0 Å². The Bertz CT molecular complexity index is 1020. The van der Waals surface area contributed by atoms with E-state index in [9.17, 15) is 19.3 Å². The Morgan fingerprint density at radius 3 is 2.43 bits per heavy atom. The van der Waals surface area contributed by atoms with Gasteiger partial charge in [0.15, 0.2) is 0 Å². The molecule has 28 heavy (non-hydrogen) atoms. The van der Waals surface area contributed by atoms with Gasteiger partial charge in [-0.1, -0.05) is 0 Å². The third kappa shape index (κ3) is 4.54. The van der Waals surface area contributed by atoms with Crippen LogP contribution in [-0.2, 0) is 0 Å². The summed E-state index contributed by atoms with van der Waals surface area (Å²) in [6.45, 7) is 0. The number of rotatable bonds is 6. The van der Waals surface area contributed by atoms with Gasteiger partial charge in [0, 0.05) is 16.2 Å². The number of hydrazine groups is 1.